The number of benzene rings is 2. The van der Waals surface area contributed by atoms with Crippen molar-refractivity contribution in [1.29, 1.82) is 0 Å². The molecule has 0 bridgehead atoms. The number of hydrogen-bond acceptors (Lipinski definition) is 3. The number of aromatic nitrogens is 3. The molecule has 0 aliphatic carbocycles. The highest BCUT2D eigenvalue weighted by molar-refractivity contribution is 5.95. The van der Waals surface area contributed by atoms with Crippen molar-refractivity contribution >= 4 is 5.97 Å². The molecule has 2 aromatic heterocycles. The molecule has 1 N–H and O–H groups in total. The quantitative estimate of drug-likeness (QED) is 0.404. The summed E-state index contributed by atoms with van der Waals surface area (Å²) < 4.78 is 2.19. The number of aromatic carboxylic acids is 1. The molecule has 156 valence electrons. The summed E-state index contributed by atoms with van der Waals surface area (Å²) in [6.07, 6.45) is 6.98. The molecule has 0 amide bonds. The number of pyridine rings is 1. The number of imidazole rings is 1. The summed E-state index contributed by atoms with van der Waals surface area (Å²) in [5.74, 6) is 0.142. The Morgan fingerprint density at radius 3 is 2.45 bits per heavy atom. The van der Waals surface area contributed by atoms with Crippen molar-refractivity contribution in [2.45, 2.75) is 32.7 Å². The van der Waals surface area contributed by atoms with Gasteiger partial charge in [-0.05, 0) is 41.3 Å². The number of nitrogens with zero attached hydrogens (tertiary/aromatic N) is 3. The fourth-order valence-corrected chi connectivity index (χ4v) is 3.67. The smallest absolute Gasteiger partial charge is 0.336 e. The van der Waals surface area contributed by atoms with Crippen LogP contribution in [0.2, 0.25) is 0 Å². The molecule has 0 spiro atoms. The van der Waals surface area contributed by atoms with Crippen LogP contribution in [-0.2, 0) is 13.0 Å². The zero-order chi connectivity index (χ0) is 21.6. The lowest BCUT2D eigenvalue weighted by molar-refractivity contribution is 0.0697. The number of carbonyl (C=O) groups is 1. The summed E-state index contributed by atoms with van der Waals surface area (Å²) in [6, 6.07) is 21.0. The summed E-state index contributed by atoms with van der Waals surface area (Å²) in [5, 5.41) is 9.46. The first kappa shape index (κ1) is 20.5. The van der Waals surface area contributed by atoms with Crippen LogP contribution in [0.4, 0.5) is 0 Å². The molecule has 4 rings (SSSR count). The first-order chi connectivity index (χ1) is 15.2. The molecule has 0 radical (unpaired) electrons. The van der Waals surface area contributed by atoms with Crippen LogP contribution in [0.15, 0.2) is 79.1 Å². The molecule has 0 atom stereocenters. The van der Waals surface area contributed by atoms with E-state index >= 15 is 0 Å². The van der Waals surface area contributed by atoms with E-state index in [9.17, 15) is 9.90 Å². The first-order valence-electron chi connectivity index (χ1n) is 10.5. The molecule has 5 nitrogen and oxygen atoms in total. The van der Waals surface area contributed by atoms with Gasteiger partial charge >= 0.3 is 5.97 Å². The Morgan fingerprint density at radius 2 is 1.74 bits per heavy atom. The third-order valence-corrected chi connectivity index (χ3v) is 5.32. The van der Waals surface area contributed by atoms with Gasteiger partial charge in [0.05, 0.1) is 11.3 Å². The van der Waals surface area contributed by atoms with Crippen LogP contribution >= 0.6 is 0 Å². The number of carboxylic acids is 1. The largest absolute Gasteiger partial charge is 0.478 e. The fourth-order valence-electron chi connectivity index (χ4n) is 3.67. The minimum Gasteiger partial charge on any atom is -0.478 e. The molecule has 4 aromatic rings. The highest BCUT2D eigenvalue weighted by Gasteiger charge is 2.13. The third-order valence-electron chi connectivity index (χ3n) is 5.32. The van der Waals surface area contributed by atoms with Crippen molar-refractivity contribution in [2.75, 3.05) is 0 Å². The minimum absolute atomic E-state index is 0.312. The van der Waals surface area contributed by atoms with Gasteiger partial charge in [0.25, 0.3) is 0 Å². The zero-order valence-corrected chi connectivity index (χ0v) is 17.5. The van der Waals surface area contributed by atoms with E-state index in [0.717, 1.165) is 53.2 Å². The Bertz CT molecular complexity index is 1160. The Labute approximate surface area is 182 Å². The van der Waals surface area contributed by atoms with Crippen LogP contribution in [0, 0.1) is 0 Å². The Balaban J connectivity index is 1.60. The molecule has 0 unspecified atom stereocenters. The lowest BCUT2D eigenvalue weighted by Crippen LogP contribution is -2.04. The lowest BCUT2D eigenvalue weighted by Gasteiger charge is -2.10. The van der Waals surface area contributed by atoms with Crippen molar-refractivity contribution in [3.8, 4) is 22.5 Å². The summed E-state index contributed by atoms with van der Waals surface area (Å²) in [5.41, 5.74) is 4.84. The summed E-state index contributed by atoms with van der Waals surface area (Å²) in [6.45, 7) is 2.89. The predicted octanol–water partition coefficient (Wildman–Crippen LogP) is 5.70. The maximum absolute atomic E-state index is 11.5. The number of rotatable bonds is 8. The van der Waals surface area contributed by atoms with E-state index in [1.54, 1.807) is 18.3 Å². The molecule has 0 aliphatic rings. The Hall–Kier alpha value is -3.73. The molecular weight excluding hydrogens is 386 g/mol. The lowest BCUT2D eigenvalue weighted by atomic mass is 9.99. The van der Waals surface area contributed by atoms with Gasteiger partial charge < -0.3 is 9.67 Å². The topological polar surface area (TPSA) is 68.0 Å². The summed E-state index contributed by atoms with van der Waals surface area (Å²) in [7, 11) is 0. The van der Waals surface area contributed by atoms with Gasteiger partial charge in [-0.25, -0.2) is 9.78 Å². The molecule has 2 heterocycles. The first-order valence-corrected chi connectivity index (χ1v) is 10.5. The maximum atomic E-state index is 11.5. The highest BCUT2D eigenvalue weighted by atomic mass is 16.4. The Kier molecular flexibility index (Phi) is 6.22. The molecule has 0 fully saturated rings. The number of unbranched alkanes of at least 4 members (excludes halogenated alkanes) is 1. The average molecular weight is 412 g/mol. The van der Waals surface area contributed by atoms with Gasteiger partial charge in [-0.1, -0.05) is 61.9 Å². The van der Waals surface area contributed by atoms with Crippen molar-refractivity contribution in [3.05, 3.63) is 96.1 Å². The molecule has 5 heteroatoms. The van der Waals surface area contributed by atoms with Gasteiger partial charge in [-0.3, -0.25) is 4.98 Å². The van der Waals surface area contributed by atoms with Crippen LogP contribution < -0.4 is 0 Å². The predicted molar refractivity (Wildman–Crippen MR) is 122 cm³/mol. The SMILES string of the molecule is CCCCc1nc(-c2ccccn2)cn1Cc1ccc(-c2ccccc2C(=O)O)cc1. The standard InChI is InChI=1S/C26H25N3O2/c1-2-3-11-25-28-24(23-10-6-7-16-27-23)18-29(25)17-19-12-14-20(15-13-19)21-8-4-5-9-22(21)26(30)31/h4-10,12-16,18H,2-3,11,17H2,1H3,(H,30,31). The van der Waals surface area contributed by atoms with Crippen LogP contribution in [0.5, 0.6) is 0 Å². The van der Waals surface area contributed by atoms with E-state index in [4.69, 9.17) is 4.98 Å². The number of carboxylic acid groups (broad SMARTS) is 1. The molecule has 31 heavy (non-hydrogen) atoms. The normalized spacial score (nSPS) is 10.9. The van der Waals surface area contributed by atoms with Crippen molar-refractivity contribution in [1.82, 2.24) is 14.5 Å². The third kappa shape index (κ3) is 4.72. The molecular formula is C26H25N3O2. The van der Waals surface area contributed by atoms with Gasteiger partial charge in [0.15, 0.2) is 0 Å². The summed E-state index contributed by atoms with van der Waals surface area (Å²) >= 11 is 0. The van der Waals surface area contributed by atoms with E-state index < -0.39 is 5.97 Å². The highest BCUT2D eigenvalue weighted by Crippen LogP contribution is 2.25. The number of aryl methyl sites for hydroxylation is 1. The van der Waals surface area contributed by atoms with E-state index in [2.05, 4.69) is 34.8 Å². The van der Waals surface area contributed by atoms with Crippen molar-refractivity contribution < 1.29 is 9.90 Å². The molecule has 0 saturated heterocycles. The zero-order valence-electron chi connectivity index (χ0n) is 17.5. The van der Waals surface area contributed by atoms with E-state index in [1.165, 1.54) is 0 Å². The maximum Gasteiger partial charge on any atom is 0.336 e. The van der Waals surface area contributed by atoms with Gasteiger partial charge in [-0.15, -0.1) is 0 Å². The van der Waals surface area contributed by atoms with Gasteiger partial charge in [-0.2, -0.15) is 0 Å². The van der Waals surface area contributed by atoms with Crippen LogP contribution in [0.25, 0.3) is 22.5 Å². The van der Waals surface area contributed by atoms with Crippen LogP contribution in [-0.4, -0.2) is 25.6 Å². The minimum atomic E-state index is -0.916. The van der Waals surface area contributed by atoms with Crippen molar-refractivity contribution in [2.24, 2.45) is 0 Å². The monoisotopic (exact) mass is 411 g/mol. The molecule has 2 aromatic carbocycles. The second kappa shape index (κ2) is 9.39. The average Bonchev–Trinajstić information content (AvgIpc) is 3.21. The van der Waals surface area contributed by atoms with E-state index in [1.807, 2.05) is 42.5 Å². The van der Waals surface area contributed by atoms with Gasteiger partial charge in [0.2, 0.25) is 0 Å². The molecule has 0 saturated carbocycles. The van der Waals surface area contributed by atoms with Gasteiger partial charge in [0.1, 0.15) is 11.5 Å². The molecule has 0 aliphatic heterocycles. The van der Waals surface area contributed by atoms with E-state index in [-0.39, 0.29) is 0 Å². The number of hydrogen-bond donors (Lipinski definition) is 1. The fraction of sp³-hybridized carbons (Fsp3) is 0.192. The second-order valence-corrected chi connectivity index (χ2v) is 7.54. The van der Waals surface area contributed by atoms with E-state index in [0.29, 0.717) is 12.1 Å². The van der Waals surface area contributed by atoms with Crippen molar-refractivity contribution in [3.63, 3.8) is 0 Å². The summed E-state index contributed by atoms with van der Waals surface area (Å²) in [4.78, 5) is 20.8. The van der Waals surface area contributed by atoms with Gasteiger partial charge in [0, 0.05) is 25.4 Å². The van der Waals surface area contributed by atoms with Crippen LogP contribution in [0.1, 0.15) is 41.5 Å². The Morgan fingerprint density at radius 1 is 0.968 bits per heavy atom. The second-order valence-electron chi connectivity index (χ2n) is 7.54. The van der Waals surface area contributed by atoms with Crippen LogP contribution in [0.3, 0.4) is 0 Å².